The predicted octanol–water partition coefficient (Wildman–Crippen LogP) is 3.24. The Hall–Kier alpha value is -2.33. The monoisotopic (exact) mass is 309 g/mol. The van der Waals surface area contributed by atoms with Gasteiger partial charge in [-0.3, -0.25) is 4.79 Å². The van der Waals surface area contributed by atoms with Crippen LogP contribution >= 0.6 is 0 Å². The van der Waals surface area contributed by atoms with Gasteiger partial charge in [-0.1, -0.05) is 30.3 Å². The minimum absolute atomic E-state index is 0.135. The molecule has 4 heteroatoms. The van der Waals surface area contributed by atoms with Crippen LogP contribution in [0, 0.1) is 5.92 Å². The highest BCUT2D eigenvalue weighted by atomic mass is 16.1. The second kappa shape index (κ2) is 7.79. The molecule has 1 amide bonds. The molecule has 4 nitrogen and oxygen atoms in total. The molecule has 1 saturated heterocycles. The summed E-state index contributed by atoms with van der Waals surface area (Å²) >= 11 is 0. The highest BCUT2D eigenvalue weighted by molar-refractivity contribution is 5.92. The summed E-state index contributed by atoms with van der Waals surface area (Å²) in [4.78, 5) is 12.2. The van der Waals surface area contributed by atoms with E-state index >= 15 is 0 Å². The number of para-hydroxylation sites is 1. The highest BCUT2D eigenvalue weighted by Gasteiger charge is 2.20. The molecule has 0 spiro atoms. The Balaban J connectivity index is 1.51. The van der Waals surface area contributed by atoms with Gasteiger partial charge < -0.3 is 16.0 Å². The molecule has 3 N–H and O–H groups in total. The van der Waals surface area contributed by atoms with Crippen LogP contribution in [0.5, 0.6) is 0 Å². The van der Waals surface area contributed by atoms with Crippen molar-refractivity contribution in [1.82, 2.24) is 5.32 Å². The lowest BCUT2D eigenvalue weighted by Crippen LogP contribution is -2.34. The van der Waals surface area contributed by atoms with Gasteiger partial charge in [0.15, 0.2) is 0 Å². The zero-order valence-electron chi connectivity index (χ0n) is 13.2. The lowest BCUT2D eigenvalue weighted by molar-refractivity contribution is -0.120. The van der Waals surface area contributed by atoms with Crippen molar-refractivity contribution in [3.05, 3.63) is 60.2 Å². The first-order valence-corrected chi connectivity index (χ1v) is 8.21. The molecule has 1 heterocycles. The van der Waals surface area contributed by atoms with Crippen molar-refractivity contribution in [3.8, 4) is 0 Å². The number of carbonyl (C=O) groups excluding carboxylic acids is 1. The summed E-state index contributed by atoms with van der Waals surface area (Å²) in [5.41, 5.74) is 3.17. The Morgan fingerprint density at radius 1 is 0.957 bits per heavy atom. The van der Waals surface area contributed by atoms with Gasteiger partial charge in [0.1, 0.15) is 0 Å². The summed E-state index contributed by atoms with van der Waals surface area (Å²) in [6.07, 6.45) is 1.84. The SMILES string of the molecule is O=C(Nc1ccc(CNc2ccccc2)cc1)C1CCNCC1. The molecule has 0 atom stereocenters. The van der Waals surface area contributed by atoms with Crippen LogP contribution in [-0.4, -0.2) is 19.0 Å². The molecule has 3 rings (SSSR count). The van der Waals surface area contributed by atoms with E-state index in [0.717, 1.165) is 43.9 Å². The predicted molar refractivity (Wildman–Crippen MR) is 94.4 cm³/mol. The third-order valence-corrected chi connectivity index (χ3v) is 4.20. The van der Waals surface area contributed by atoms with E-state index in [1.54, 1.807) is 0 Å². The molecule has 120 valence electrons. The van der Waals surface area contributed by atoms with Gasteiger partial charge in [0.05, 0.1) is 0 Å². The third kappa shape index (κ3) is 4.57. The van der Waals surface area contributed by atoms with Crippen molar-refractivity contribution in [2.75, 3.05) is 23.7 Å². The summed E-state index contributed by atoms with van der Waals surface area (Å²) in [7, 11) is 0. The summed E-state index contributed by atoms with van der Waals surface area (Å²) in [5, 5.41) is 9.69. The van der Waals surface area contributed by atoms with Crippen molar-refractivity contribution in [2.45, 2.75) is 19.4 Å². The van der Waals surface area contributed by atoms with Gasteiger partial charge in [-0.2, -0.15) is 0 Å². The second-order valence-electron chi connectivity index (χ2n) is 5.93. The zero-order valence-corrected chi connectivity index (χ0v) is 13.2. The van der Waals surface area contributed by atoms with Gasteiger partial charge in [0, 0.05) is 23.8 Å². The van der Waals surface area contributed by atoms with Crippen molar-refractivity contribution >= 4 is 17.3 Å². The van der Waals surface area contributed by atoms with Gasteiger partial charge in [-0.15, -0.1) is 0 Å². The summed E-state index contributed by atoms with van der Waals surface area (Å²) in [6.45, 7) is 2.64. The van der Waals surface area contributed by atoms with Gasteiger partial charge >= 0.3 is 0 Å². The van der Waals surface area contributed by atoms with Gasteiger partial charge in [0.2, 0.25) is 5.91 Å². The number of anilines is 2. The van der Waals surface area contributed by atoms with Crippen LogP contribution in [0.1, 0.15) is 18.4 Å². The molecule has 2 aromatic carbocycles. The summed E-state index contributed by atoms with van der Waals surface area (Å²) in [6, 6.07) is 18.2. The number of piperidine rings is 1. The molecule has 1 aliphatic rings. The molecular formula is C19H23N3O. The molecule has 23 heavy (non-hydrogen) atoms. The fourth-order valence-corrected chi connectivity index (χ4v) is 2.79. The van der Waals surface area contributed by atoms with Crippen LogP contribution in [0.25, 0.3) is 0 Å². The molecule has 0 unspecified atom stereocenters. The number of benzene rings is 2. The van der Waals surface area contributed by atoms with E-state index in [0.29, 0.717) is 0 Å². The molecule has 1 fully saturated rings. The van der Waals surface area contributed by atoms with E-state index in [1.807, 2.05) is 54.6 Å². The zero-order chi connectivity index (χ0) is 15.9. The van der Waals surface area contributed by atoms with Crippen molar-refractivity contribution in [3.63, 3.8) is 0 Å². The lowest BCUT2D eigenvalue weighted by atomic mass is 9.97. The van der Waals surface area contributed by atoms with E-state index in [4.69, 9.17) is 0 Å². The summed E-state index contributed by atoms with van der Waals surface area (Å²) < 4.78 is 0. The van der Waals surface area contributed by atoms with E-state index in [-0.39, 0.29) is 11.8 Å². The van der Waals surface area contributed by atoms with Crippen LogP contribution in [0.15, 0.2) is 54.6 Å². The first-order chi connectivity index (χ1) is 11.3. The molecule has 0 bridgehead atoms. The maximum atomic E-state index is 12.2. The fourth-order valence-electron chi connectivity index (χ4n) is 2.79. The van der Waals surface area contributed by atoms with E-state index in [1.165, 1.54) is 5.56 Å². The van der Waals surface area contributed by atoms with Crippen LogP contribution < -0.4 is 16.0 Å². The highest BCUT2D eigenvalue weighted by Crippen LogP contribution is 2.17. The van der Waals surface area contributed by atoms with Gasteiger partial charge in [0.25, 0.3) is 0 Å². The minimum Gasteiger partial charge on any atom is -0.381 e. The Bertz CT molecular complexity index is 619. The standard InChI is InChI=1S/C19H23N3O/c23-19(16-10-12-20-13-11-16)22-18-8-6-15(7-9-18)14-21-17-4-2-1-3-5-17/h1-9,16,20-21H,10-14H2,(H,22,23). The quantitative estimate of drug-likeness (QED) is 0.795. The van der Waals surface area contributed by atoms with Gasteiger partial charge in [-0.25, -0.2) is 0 Å². The second-order valence-corrected chi connectivity index (χ2v) is 5.93. The first-order valence-electron chi connectivity index (χ1n) is 8.21. The molecule has 0 radical (unpaired) electrons. The Labute approximate surface area is 137 Å². The van der Waals surface area contributed by atoms with Crippen LogP contribution in [0.4, 0.5) is 11.4 Å². The first kappa shape index (κ1) is 15.6. The van der Waals surface area contributed by atoms with Gasteiger partial charge in [-0.05, 0) is 55.8 Å². The number of nitrogens with one attached hydrogen (secondary N) is 3. The smallest absolute Gasteiger partial charge is 0.227 e. The summed E-state index contributed by atoms with van der Waals surface area (Å²) in [5.74, 6) is 0.275. The lowest BCUT2D eigenvalue weighted by Gasteiger charge is -2.21. The van der Waals surface area contributed by atoms with Crippen molar-refractivity contribution in [1.29, 1.82) is 0 Å². The minimum atomic E-state index is 0.135. The Kier molecular flexibility index (Phi) is 5.27. The van der Waals surface area contributed by atoms with Crippen LogP contribution in [0.2, 0.25) is 0 Å². The average molecular weight is 309 g/mol. The number of rotatable bonds is 5. The molecule has 0 saturated carbocycles. The van der Waals surface area contributed by atoms with E-state index in [9.17, 15) is 4.79 Å². The molecule has 1 aliphatic heterocycles. The van der Waals surface area contributed by atoms with Crippen LogP contribution in [-0.2, 0) is 11.3 Å². The van der Waals surface area contributed by atoms with E-state index < -0.39 is 0 Å². The number of hydrogen-bond acceptors (Lipinski definition) is 3. The Morgan fingerprint density at radius 3 is 2.35 bits per heavy atom. The Morgan fingerprint density at radius 2 is 1.65 bits per heavy atom. The molecule has 0 aromatic heterocycles. The topological polar surface area (TPSA) is 53.2 Å². The fraction of sp³-hybridized carbons (Fsp3) is 0.316. The normalized spacial score (nSPS) is 15.1. The number of amides is 1. The van der Waals surface area contributed by atoms with Crippen molar-refractivity contribution in [2.24, 2.45) is 5.92 Å². The van der Waals surface area contributed by atoms with Crippen molar-refractivity contribution < 1.29 is 4.79 Å². The molecule has 2 aromatic rings. The average Bonchev–Trinajstić information content (AvgIpc) is 2.63. The largest absolute Gasteiger partial charge is 0.381 e. The number of hydrogen-bond donors (Lipinski definition) is 3. The molecule has 0 aliphatic carbocycles. The maximum Gasteiger partial charge on any atom is 0.227 e. The third-order valence-electron chi connectivity index (χ3n) is 4.20. The van der Waals surface area contributed by atoms with Crippen LogP contribution in [0.3, 0.4) is 0 Å². The molecular weight excluding hydrogens is 286 g/mol. The maximum absolute atomic E-state index is 12.2. The van der Waals surface area contributed by atoms with E-state index in [2.05, 4.69) is 16.0 Å². The number of carbonyl (C=O) groups is 1.